The minimum atomic E-state index is -1.52. The SMILES string of the molecule is CCC[C@@H](O)C(Cl)(Cl)Cl. The molecule has 0 aromatic heterocycles. The summed E-state index contributed by atoms with van der Waals surface area (Å²) >= 11 is 16.0. The number of hydrogen-bond donors (Lipinski definition) is 1. The second kappa shape index (κ2) is 3.87. The fourth-order valence-corrected chi connectivity index (χ4v) is 0.764. The summed E-state index contributed by atoms with van der Waals surface area (Å²) in [5, 5.41) is 8.99. The smallest absolute Gasteiger partial charge is 0.216 e. The highest BCUT2D eigenvalue weighted by Gasteiger charge is 2.29. The van der Waals surface area contributed by atoms with Crippen LogP contribution in [0.4, 0.5) is 0 Å². The van der Waals surface area contributed by atoms with Gasteiger partial charge in [0.25, 0.3) is 0 Å². The van der Waals surface area contributed by atoms with Gasteiger partial charge >= 0.3 is 0 Å². The summed E-state index contributed by atoms with van der Waals surface area (Å²) in [4.78, 5) is 0. The van der Waals surface area contributed by atoms with Gasteiger partial charge in [0.1, 0.15) is 6.10 Å². The van der Waals surface area contributed by atoms with E-state index < -0.39 is 9.90 Å². The van der Waals surface area contributed by atoms with Crippen LogP contribution >= 0.6 is 34.8 Å². The molecule has 0 bridgehead atoms. The maximum Gasteiger partial charge on any atom is 0.216 e. The largest absolute Gasteiger partial charge is 0.389 e. The Labute approximate surface area is 69.9 Å². The fourth-order valence-electron chi connectivity index (χ4n) is 0.437. The Morgan fingerprint density at radius 3 is 2.00 bits per heavy atom. The predicted octanol–water partition coefficient (Wildman–Crippen LogP) is 2.52. The Morgan fingerprint density at radius 1 is 1.44 bits per heavy atom. The van der Waals surface area contributed by atoms with Gasteiger partial charge in [0.15, 0.2) is 0 Å². The van der Waals surface area contributed by atoms with Gasteiger partial charge in [0.2, 0.25) is 3.79 Å². The molecule has 0 radical (unpaired) electrons. The zero-order valence-corrected chi connectivity index (χ0v) is 7.34. The Morgan fingerprint density at radius 2 is 1.89 bits per heavy atom. The molecule has 4 heteroatoms. The number of rotatable bonds is 2. The van der Waals surface area contributed by atoms with Gasteiger partial charge in [-0.05, 0) is 6.42 Å². The van der Waals surface area contributed by atoms with Crippen molar-refractivity contribution in [2.75, 3.05) is 0 Å². The van der Waals surface area contributed by atoms with Crippen LogP contribution < -0.4 is 0 Å². The van der Waals surface area contributed by atoms with Crippen molar-refractivity contribution in [1.29, 1.82) is 0 Å². The molecule has 0 aliphatic rings. The summed E-state index contributed by atoms with van der Waals surface area (Å²) in [6, 6.07) is 0. The maximum absolute atomic E-state index is 8.99. The summed E-state index contributed by atoms with van der Waals surface area (Å²) in [5.41, 5.74) is 0. The molecule has 0 saturated carbocycles. The third-order valence-electron chi connectivity index (χ3n) is 0.940. The molecule has 0 fully saturated rings. The van der Waals surface area contributed by atoms with Crippen LogP contribution in [0.5, 0.6) is 0 Å². The third-order valence-corrected chi connectivity index (χ3v) is 1.70. The summed E-state index contributed by atoms with van der Waals surface area (Å²) < 4.78 is -1.52. The second-order valence-electron chi connectivity index (χ2n) is 1.85. The van der Waals surface area contributed by atoms with Crippen molar-refractivity contribution < 1.29 is 5.11 Å². The van der Waals surface area contributed by atoms with Crippen LogP contribution in [0.15, 0.2) is 0 Å². The molecule has 0 aromatic carbocycles. The van der Waals surface area contributed by atoms with Gasteiger partial charge in [-0.15, -0.1) is 0 Å². The van der Waals surface area contributed by atoms with Crippen LogP contribution in [-0.2, 0) is 0 Å². The number of aliphatic hydroxyl groups is 1. The molecular weight excluding hydrogens is 182 g/mol. The Bertz CT molecular complexity index is 78.8. The molecule has 0 spiro atoms. The zero-order valence-electron chi connectivity index (χ0n) is 5.07. The van der Waals surface area contributed by atoms with E-state index in [4.69, 9.17) is 39.9 Å². The van der Waals surface area contributed by atoms with E-state index in [1.54, 1.807) is 0 Å². The third kappa shape index (κ3) is 4.26. The van der Waals surface area contributed by atoms with E-state index in [0.29, 0.717) is 6.42 Å². The van der Waals surface area contributed by atoms with Gasteiger partial charge in [0, 0.05) is 0 Å². The molecule has 0 unspecified atom stereocenters. The average molecular weight is 191 g/mol. The van der Waals surface area contributed by atoms with E-state index >= 15 is 0 Å². The first kappa shape index (κ1) is 9.83. The molecule has 0 saturated heterocycles. The first-order chi connectivity index (χ1) is 3.98. The molecule has 0 aliphatic carbocycles. The number of aliphatic hydroxyl groups excluding tert-OH is 1. The highest BCUT2D eigenvalue weighted by molar-refractivity contribution is 6.68. The summed E-state index contributed by atoms with van der Waals surface area (Å²) in [6.07, 6.45) is 0.499. The predicted molar refractivity (Wildman–Crippen MR) is 41.2 cm³/mol. The Kier molecular flexibility index (Phi) is 4.22. The van der Waals surface area contributed by atoms with Crippen LogP contribution in [0, 0.1) is 0 Å². The van der Waals surface area contributed by atoms with Gasteiger partial charge in [-0.3, -0.25) is 0 Å². The topological polar surface area (TPSA) is 20.2 Å². The van der Waals surface area contributed by atoms with Gasteiger partial charge in [-0.1, -0.05) is 48.1 Å². The zero-order chi connectivity index (χ0) is 7.49. The molecule has 0 heterocycles. The lowest BCUT2D eigenvalue weighted by molar-refractivity contribution is 0.167. The maximum atomic E-state index is 8.99. The number of halogens is 3. The van der Waals surface area contributed by atoms with Crippen molar-refractivity contribution in [3.63, 3.8) is 0 Å². The Balaban J connectivity index is 3.59. The van der Waals surface area contributed by atoms with Gasteiger partial charge in [-0.25, -0.2) is 0 Å². The molecule has 9 heavy (non-hydrogen) atoms. The first-order valence-electron chi connectivity index (χ1n) is 2.73. The van der Waals surface area contributed by atoms with E-state index in [2.05, 4.69) is 0 Å². The van der Waals surface area contributed by atoms with Crippen molar-refractivity contribution in [3.8, 4) is 0 Å². The fraction of sp³-hybridized carbons (Fsp3) is 1.00. The molecule has 0 aliphatic heterocycles. The summed E-state index contributed by atoms with van der Waals surface area (Å²) in [6.45, 7) is 1.92. The normalized spacial score (nSPS) is 15.7. The van der Waals surface area contributed by atoms with Crippen LogP contribution in [0.25, 0.3) is 0 Å². The minimum Gasteiger partial charge on any atom is -0.389 e. The Hall–Kier alpha value is 0.830. The molecule has 0 amide bonds. The van der Waals surface area contributed by atoms with Crippen molar-refractivity contribution in [2.45, 2.75) is 29.7 Å². The van der Waals surface area contributed by atoms with Crippen LogP contribution in [-0.4, -0.2) is 15.0 Å². The van der Waals surface area contributed by atoms with Crippen LogP contribution in [0.2, 0.25) is 0 Å². The molecule has 1 nitrogen and oxygen atoms in total. The molecule has 0 rings (SSSR count). The van der Waals surface area contributed by atoms with Gasteiger partial charge in [0.05, 0.1) is 0 Å². The standard InChI is InChI=1S/C5H9Cl3O/c1-2-3-4(9)5(6,7)8/h4,9H,2-3H2,1H3/t4-/m1/s1. The van der Waals surface area contributed by atoms with E-state index in [0.717, 1.165) is 6.42 Å². The van der Waals surface area contributed by atoms with E-state index in [1.807, 2.05) is 6.92 Å². The lowest BCUT2D eigenvalue weighted by Crippen LogP contribution is -2.24. The highest BCUT2D eigenvalue weighted by atomic mass is 35.6. The molecule has 56 valence electrons. The average Bonchev–Trinajstić information content (AvgIpc) is 1.64. The molecule has 0 aromatic rings. The first-order valence-corrected chi connectivity index (χ1v) is 3.86. The molecular formula is C5H9Cl3O. The lowest BCUT2D eigenvalue weighted by Gasteiger charge is -2.17. The van der Waals surface area contributed by atoms with Crippen molar-refractivity contribution in [1.82, 2.24) is 0 Å². The van der Waals surface area contributed by atoms with E-state index in [-0.39, 0.29) is 0 Å². The quantitative estimate of drug-likeness (QED) is 0.665. The van der Waals surface area contributed by atoms with Gasteiger partial charge < -0.3 is 5.11 Å². The number of alkyl halides is 3. The second-order valence-corrected chi connectivity index (χ2v) is 4.22. The van der Waals surface area contributed by atoms with Crippen LogP contribution in [0.1, 0.15) is 19.8 Å². The van der Waals surface area contributed by atoms with Crippen LogP contribution in [0.3, 0.4) is 0 Å². The summed E-state index contributed by atoms with van der Waals surface area (Å²) in [7, 11) is 0. The lowest BCUT2D eigenvalue weighted by atomic mass is 10.2. The number of hydrogen-bond acceptors (Lipinski definition) is 1. The monoisotopic (exact) mass is 190 g/mol. The summed E-state index contributed by atoms with van der Waals surface area (Å²) in [5.74, 6) is 0. The molecule has 1 atom stereocenters. The van der Waals surface area contributed by atoms with Crippen molar-refractivity contribution in [2.24, 2.45) is 0 Å². The van der Waals surface area contributed by atoms with E-state index in [9.17, 15) is 0 Å². The van der Waals surface area contributed by atoms with E-state index in [1.165, 1.54) is 0 Å². The van der Waals surface area contributed by atoms with Crippen molar-refractivity contribution in [3.05, 3.63) is 0 Å². The minimum absolute atomic E-state index is 0.524. The molecule has 1 N–H and O–H groups in total. The van der Waals surface area contributed by atoms with Crippen molar-refractivity contribution >= 4 is 34.8 Å². The highest BCUT2D eigenvalue weighted by Crippen LogP contribution is 2.32. The van der Waals surface area contributed by atoms with Gasteiger partial charge in [-0.2, -0.15) is 0 Å².